The van der Waals surface area contributed by atoms with E-state index in [2.05, 4.69) is 5.10 Å². The molecule has 0 amide bonds. The van der Waals surface area contributed by atoms with Crippen molar-refractivity contribution < 1.29 is 4.39 Å². The van der Waals surface area contributed by atoms with Gasteiger partial charge >= 0.3 is 0 Å². The molecule has 0 aliphatic heterocycles. The number of halogens is 1. The predicted octanol–water partition coefficient (Wildman–Crippen LogP) is 2.73. The van der Waals surface area contributed by atoms with E-state index in [1.54, 1.807) is 6.07 Å². The van der Waals surface area contributed by atoms with E-state index in [-0.39, 0.29) is 11.9 Å². The molecule has 0 radical (unpaired) electrons. The summed E-state index contributed by atoms with van der Waals surface area (Å²) in [5.41, 5.74) is 11.5. The Morgan fingerprint density at radius 3 is 2.53 bits per heavy atom. The molecule has 1 aromatic carbocycles. The maximum atomic E-state index is 13.1. The molecule has 2 rings (SSSR count). The van der Waals surface area contributed by atoms with E-state index in [9.17, 15) is 4.39 Å². The van der Waals surface area contributed by atoms with Gasteiger partial charge in [0, 0.05) is 24.3 Å². The van der Waals surface area contributed by atoms with Crippen LogP contribution in [0.5, 0.6) is 0 Å². The Balaban J connectivity index is 2.28. The summed E-state index contributed by atoms with van der Waals surface area (Å²) in [4.78, 5) is 0. The van der Waals surface area contributed by atoms with Crippen LogP contribution in [0.4, 0.5) is 4.39 Å². The quantitative estimate of drug-likeness (QED) is 0.923. The zero-order valence-electron chi connectivity index (χ0n) is 11.9. The van der Waals surface area contributed by atoms with Gasteiger partial charge in [-0.25, -0.2) is 4.39 Å². The summed E-state index contributed by atoms with van der Waals surface area (Å²) in [7, 11) is 1.92. The normalized spacial score (nSPS) is 12.7. The zero-order valence-corrected chi connectivity index (χ0v) is 11.9. The fourth-order valence-corrected chi connectivity index (χ4v) is 2.55. The third-order valence-corrected chi connectivity index (χ3v) is 3.68. The van der Waals surface area contributed by atoms with E-state index in [0.717, 1.165) is 28.1 Å². The van der Waals surface area contributed by atoms with Gasteiger partial charge in [-0.15, -0.1) is 0 Å². The molecule has 2 N–H and O–H groups in total. The van der Waals surface area contributed by atoms with E-state index in [1.165, 1.54) is 6.07 Å². The monoisotopic (exact) mass is 261 g/mol. The Morgan fingerprint density at radius 2 is 2.00 bits per heavy atom. The molecule has 19 heavy (non-hydrogen) atoms. The molecule has 0 bridgehead atoms. The average molecular weight is 261 g/mol. The maximum absolute atomic E-state index is 13.1. The molecule has 0 spiro atoms. The van der Waals surface area contributed by atoms with Crippen molar-refractivity contribution in [3.63, 3.8) is 0 Å². The summed E-state index contributed by atoms with van der Waals surface area (Å²) < 4.78 is 14.9. The summed E-state index contributed by atoms with van der Waals surface area (Å²) in [5, 5.41) is 4.39. The third kappa shape index (κ3) is 2.68. The number of benzene rings is 1. The molecular formula is C15H20FN3. The second-order valence-electron chi connectivity index (χ2n) is 5.09. The predicted molar refractivity (Wildman–Crippen MR) is 74.5 cm³/mol. The van der Waals surface area contributed by atoms with Crippen LogP contribution >= 0.6 is 0 Å². The molecule has 0 saturated heterocycles. The highest BCUT2D eigenvalue weighted by molar-refractivity contribution is 5.33. The van der Waals surface area contributed by atoms with Crippen LogP contribution in [0.1, 0.15) is 34.1 Å². The van der Waals surface area contributed by atoms with Crippen molar-refractivity contribution in [1.29, 1.82) is 0 Å². The highest BCUT2D eigenvalue weighted by atomic mass is 19.1. The van der Waals surface area contributed by atoms with Crippen LogP contribution in [0.15, 0.2) is 18.2 Å². The molecular weight excluding hydrogens is 241 g/mol. The number of hydrogen-bond donors (Lipinski definition) is 1. The van der Waals surface area contributed by atoms with Crippen LogP contribution in [0.3, 0.4) is 0 Å². The van der Waals surface area contributed by atoms with Crippen molar-refractivity contribution in [3.05, 3.63) is 52.1 Å². The Bertz CT molecular complexity index is 602. The first kappa shape index (κ1) is 13.7. The molecule has 3 nitrogen and oxygen atoms in total. The van der Waals surface area contributed by atoms with Crippen molar-refractivity contribution in [3.8, 4) is 0 Å². The number of aromatic nitrogens is 2. The Labute approximate surface area is 113 Å². The minimum absolute atomic E-state index is 0.113. The van der Waals surface area contributed by atoms with E-state index in [4.69, 9.17) is 5.73 Å². The van der Waals surface area contributed by atoms with Crippen LogP contribution in [-0.2, 0) is 13.5 Å². The number of hydrogen-bond acceptors (Lipinski definition) is 2. The van der Waals surface area contributed by atoms with Crippen molar-refractivity contribution in [2.24, 2.45) is 12.8 Å². The van der Waals surface area contributed by atoms with Crippen molar-refractivity contribution in [2.45, 2.75) is 33.2 Å². The molecule has 0 fully saturated rings. The molecule has 102 valence electrons. The smallest absolute Gasteiger partial charge is 0.123 e. The van der Waals surface area contributed by atoms with E-state index < -0.39 is 0 Å². The summed E-state index contributed by atoms with van der Waals surface area (Å²) in [6, 6.07) is 4.73. The van der Waals surface area contributed by atoms with Gasteiger partial charge in [0.15, 0.2) is 0 Å². The van der Waals surface area contributed by atoms with Crippen LogP contribution in [0.25, 0.3) is 0 Å². The van der Waals surface area contributed by atoms with Gasteiger partial charge < -0.3 is 5.73 Å². The molecule has 4 heteroatoms. The first-order valence-corrected chi connectivity index (χ1v) is 6.41. The van der Waals surface area contributed by atoms with Crippen LogP contribution in [-0.4, -0.2) is 9.78 Å². The molecule has 1 heterocycles. The average Bonchev–Trinajstić information content (AvgIpc) is 2.57. The van der Waals surface area contributed by atoms with Gasteiger partial charge in [0.05, 0.1) is 5.69 Å². The summed E-state index contributed by atoms with van der Waals surface area (Å²) >= 11 is 0. The van der Waals surface area contributed by atoms with Crippen molar-refractivity contribution in [1.82, 2.24) is 9.78 Å². The topological polar surface area (TPSA) is 43.8 Å². The van der Waals surface area contributed by atoms with Crippen molar-refractivity contribution >= 4 is 0 Å². The SMILES string of the molecule is Cc1cc(F)ccc1CC(N)c1c(C)nn(C)c1C. The van der Waals surface area contributed by atoms with Gasteiger partial charge in [-0.05, 0) is 50.5 Å². The fourth-order valence-electron chi connectivity index (χ4n) is 2.55. The third-order valence-electron chi connectivity index (χ3n) is 3.68. The van der Waals surface area contributed by atoms with E-state index in [0.29, 0.717) is 6.42 Å². The number of rotatable bonds is 3. The first-order valence-electron chi connectivity index (χ1n) is 6.41. The van der Waals surface area contributed by atoms with Crippen molar-refractivity contribution in [2.75, 3.05) is 0 Å². The lowest BCUT2D eigenvalue weighted by Crippen LogP contribution is -2.16. The molecule has 0 saturated carbocycles. The number of nitrogens with zero attached hydrogens (tertiary/aromatic N) is 2. The maximum Gasteiger partial charge on any atom is 0.123 e. The minimum atomic E-state index is -0.205. The lowest BCUT2D eigenvalue weighted by atomic mass is 9.95. The lowest BCUT2D eigenvalue weighted by molar-refractivity contribution is 0.623. The highest BCUT2D eigenvalue weighted by Gasteiger charge is 2.17. The molecule has 2 aromatic rings. The molecule has 1 aromatic heterocycles. The first-order chi connectivity index (χ1) is 8.90. The Hall–Kier alpha value is -1.68. The lowest BCUT2D eigenvalue weighted by Gasteiger charge is -2.14. The van der Waals surface area contributed by atoms with Crippen LogP contribution in [0, 0.1) is 26.6 Å². The summed E-state index contributed by atoms with van der Waals surface area (Å²) in [6.07, 6.45) is 0.694. The largest absolute Gasteiger partial charge is 0.324 e. The van der Waals surface area contributed by atoms with Gasteiger partial charge in [-0.3, -0.25) is 4.68 Å². The number of nitrogens with two attached hydrogens (primary N) is 1. The van der Waals surface area contributed by atoms with Gasteiger partial charge in [0.1, 0.15) is 5.82 Å². The van der Waals surface area contributed by atoms with Crippen LogP contribution in [0.2, 0.25) is 0 Å². The number of aryl methyl sites for hydroxylation is 3. The van der Waals surface area contributed by atoms with Gasteiger partial charge in [0.25, 0.3) is 0 Å². The standard InChI is InChI=1S/C15H20FN3/c1-9-7-13(16)6-5-12(9)8-14(17)15-10(2)18-19(4)11(15)3/h5-7,14H,8,17H2,1-4H3. The molecule has 1 unspecified atom stereocenters. The zero-order chi connectivity index (χ0) is 14.2. The highest BCUT2D eigenvalue weighted by Crippen LogP contribution is 2.24. The van der Waals surface area contributed by atoms with Gasteiger partial charge in [-0.2, -0.15) is 5.10 Å². The molecule has 0 aliphatic rings. The van der Waals surface area contributed by atoms with Gasteiger partial charge in [0.2, 0.25) is 0 Å². The van der Waals surface area contributed by atoms with Gasteiger partial charge in [-0.1, -0.05) is 6.07 Å². The second-order valence-corrected chi connectivity index (χ2v) is 5.09. The van der Waals surface area contributed by atoms with E-state index in [1.807, 2.05) is 38.6 Å². The molecule has 1 atom stereocenters. The Morgan fingerprint density at radius 1 is 1.32 bits per heavy atom. The summed E-state index contributed by atoms with van der Waals surface area (Å²) in [6.45, 7) is 5.90. The minimum Gasteiger partial charge on any atom is -0.324 e. The van der Waals surface area contributed by atoms with Crippen LogP contribution < -0.4 is 5.73 Å². The fraction of sp³-hybridized carbons (Fsp3) is 0.400. The van der Waals surface area contributed by atoms with E-state index >= 15 is 0 Å². The second kappa shape index (κ2) is 5.13. The molecule has 0 aliphatic carbocycles. The summed E-state index contributed by atoms with van der Waals surface area (Å²) in [5.74, 6) is -0.205. The Kier molecular flexibility index (Phi) is 3.71.